The maximum Gasteiger partial charge on any atom is 0.190 e. The van der Waals surface area contributed by atoms with Crippen molar-refractivity contribution in [2.75, 3.05) is 19.8 Å². The number of ether oxygens (including phenoxy) is 2. The van der Waals surface area contributed by atoms with Crippen LogP contribution in [0, 0.1) is 11.6 Å². The van der Waals surface area contributed by atoms with E-state index in [-0.39, 0.29) is 30.3 Å². The molecule has 146 valence electrons. The van der Waals surface area contributed by atoms with Crippen molar-refractivity contribution < 1.29 is 27.8 Å². The lowest BCUT2D eigenvalue weighted by molar-refractivity contribution is -0.146. The molecular weight excluding hydrogens is 379 g/mol. The molecule has 1 fully saturated rings. The van der Waals surface area contributed by atoms with E-state index in [2.05, 4.69) is 20.3 Å². The Kier molecular flexibility index (Phi) is 4.69. The number of benzene rings is 1. The van der Waals surface area contributed by atoms with Crippen LogP contribution in [0.2, 0.25) is 0 Å². The molecule has 1 N–H and O–H groups in total. The molecule has 1 aromatic carbocycles. The molecule has 3 aromatic rings. The molecule has 0 bridgehead atoms. The van der Waals surface area contributed by atoms with Crippen LogP contribution in [0.4, 0.5) is 13.2 Å². The second kappa shape index (κ2) is 7.17. The van der Waals surface area contributed by atoms with Crippen LogP contribution in [0.25, 0.3) is 5.69 Å². The predicted octanol–water partition coefficient (Wildman–Crippen LogP) is 1.53. The first-order valence-corrected chi connectivity index (χ1v) is 8.20. The standard InChI is InChI=1S/C17H14F3N5O3/c18-10-4-15(28-9-17(20)7-27-8-17)11(19)3-14(10)25-6-13(23-24-25)16(26)12-5-21-1-2-22-12/h1-6,16,26H,7-9H2. The number of hydrogen-bond donors (Lipinski definition) is 1. The van der Waals surface area contributed by atoms with Crippen molar-refractivity contribution >= 4 is 0 Å². The fourth-order valence-corrected chi connectivity index (χ4v) is 2.54. The van der Waals surface area contributed by atoms with Gasteiger partial charge < -0.3 is 14.6 Å². The SMILES string of the molecule is OC(c1cnccn1)c1cn(-c2cc(F)c(OCC3(F)COC3)cc2F)nn1. The highest BCUT2D eigenvalue weighted by atomic mass is 19.1. The summed E-state index contributed by atoms with van der Waals surface area (Å²) in [5.74, 6) is -2.18. The van der Waals surface area contributed by atoms with E-state index in [1.54, 1.807) is 0 Å². The highest BCUT2D eigenvalue weighted by molar-refractivity contribution is 5.40. The van der Waals surface area contributed by atoms with Crippen molar-refractivity contribution in [1.82, 2.24) is 25.0 Å². The number of hydrogen-bond acceptors (Lipinski definition) is 7. The largest absolute Gasteiger partial charge is 0.487 e. The monoisotopic (exact) mass is 393 g/mol. The minimum Gasteiger partial charge on any atom is -0.487 e. The quantitative estimate of drug-likeness (QED) is 0.679. The number of aliphatic hydroxyl groups is 1. The number of alkyl halides is 1. The Morgan fingerprint density at radius 3 is 2.71 bits per heavy atom. The van der Waals surface area contributed by atoms with Crippen molar-refractivity contribution in [1.29, 1.82) is 0 Å². The third-order valence-corrected chi connectivity index (χ3v) is 4.11. The summed E-state index contributed by atoms with van der Waals surface area (Å²) in [6, 6.07) is 1.65. The number of aromatic nitrogens is 5. The zero-order valence-electron chi connectivity index (χ0n) is 14.3. The van der Waals surface area contributed by atoms with Gasteiger partial charge in [0.2, 0.25) is 0 Å². The number of aliphatic hydroxyl groups excluding tert-OH is 1. The zero-order chi connectivity index (χ0) is 19.7. The Morgan fingerprint density at radius 1 is 1.21 bits per heavy atom. The van der Waals surface area contributed by atoms with Crippen molar-refractivity contribution in [3.05, 3.63) is 59.9 Å². The summed E-state index contributed by atoms with van der Waals surface area (Å²) in [4.78, 5) is 7.79. The second-order valence-corrected chi connectivity index (χ2v) is 6.29. The van der Waals surface area contributed by atoms with Gasteiger partial charge >= 0.3 is 0 Å². The Balaban J connectivity index is 1.54. The van der Waals surface area contributed by atoms with E-state index in [9.17, 15) is 18.3 Å². The van der Waals surface area contributed by atoms with Crippen molar-refractivity contribution in [2.24, 2.45) is 0 Å². The van der Waals surface area contributed by atoms with E-state index in [0.717, 1.165) is 16.8 Å². The van der Waals surface area contributed by atoms with Crippen LogP contribution >= 0.6 is 0 Å². The van der Waals surface area contributed by atoms with E-state index in [1.807, 2.05) is 0 Å². The van der Waals surface area contributed by atoms with E-state index >= 15 is 0 Å². The van der Waals surface area contributed by atoms with E-state index in [0.29, 0.717) is 0 Å². The van der Waals surface area contributed by atoms with E-state index in [4.69, 9.17) is 9.47 Å². The van der Waals surface area contributed by atoms with Crippen LogP contribution in [0.1, 0.15) is 17.5 Å². The van der Waals surface area contributed by atoms with Crippen molar-refractivity contribution in [3.8, 4) is 11.4 Å². The molecule has 1 unspecified atom stereocenters. The van der Waals surface area contributed by atoms with E-state index in [1.165, 1.54) is 24.8 Å². The molecule has 1 aliphatic rings. The minimum atomic E-state index is -1.70. The van der Waals surface area contributed by atoms with Gasteiger partial charge in [0.1, 0.15) is 24.1 Å². The van der Waals surface area contributed by atoms with Gasteiger partial charge in [0.25, 0.3) is 0 Å². The molecule has 0 amide bonds. The number of rotatable bonds is 6. The molecule has 0 spiro atoms. The lowest BCUT2D eigenvalue weighted by Gasteiger charge is -2.33. The summed E-state index contributed by atoms with van der Waals surface area (Å²) in [7, 11) is 0. The molecule has 1 saturated heterocycles. The summed E-state index contributed by atoms with van der Waals surface area (Å²) in [6.45, 7) is -0.740. The van der Waals surface area contributed by atoms with Gasteiger partial charge in [-0.15, -0.1) is 5.10 Å². The van der Waals surface area contributed by atoms with Crippen molar-refractivity contribution in [2.45, 2.75) is 11.8 Å². The Bertz CT molecular complexity index is 981. The van der Waals surface area contributed by atoms with Gasteiger partial charge in [-0.2, -0.15) is 0 Å². The van der Waals surface area contributed by atoms with Gasteiger partial charge in [0.05, 0.1) is 31.3 Å². The van der Waals surface area contributed by atoms with Crippen LogP contribution in [-0.4, -0.2) is 55.6 Å². The maximum absolute atomic E-state index is 14.4. The molecule has 4 rings (SSSR count). The second-order valence-electron chi connectivity index (χ2n) is 6.29. The molecule has 0 aliphatic carbocycles. The highest BCUT2D eigenvalue weighted by Crippen LogP contribution is 2.28. The molecular formula is C17H14F3N5O3. The summed E-state index contributed by atoms with van der Waals surface area (Å²) in [5, 5.41) is 17.7. The molecule has 2 aromatic heterocycles. The Morgan fingerprint density at radius 2 is 2.04 bits per heavy atom. The van der Waals surface area contributed by atoms with Crippen LogP contribution in [0.3, 0.4) is 0 Å². The average molecular weight is 393 g/mol. The van der Waals surface area contributed by atoms with Crippen LogP contribution in [0.15, 0.2) is 36.9 Å². The maximum atomic E-state index is 14.4. The normalized spacial score (nSPS) is 16.4. The zero-order valence-corrected chi connectivity index (χ0v) is 14.3. The van der Waals surface area contributed by atoms with Gasteiger partial charge in [0.15, 0.2) is 23.1 Å². The van der Waals surface area contributed by atoms with Crippen LogP contribution in [0.5, 0.6) is 5.75 Å². The molecule has 1 atom stereocenters. The lowest BCUT2D eigenvalue weighted by Crippen LogP contribution is -2.50. The van der Waals surface area contributed by atoms with Gasteiger partial charge in [-0.25, -0.2) is 17.9 Å². The molecule has 0 radical (unpaired) electrons. The van der Waals surface area contributed by atoms with Gasteiger partial charge in [-0.05, 0) is 0 Å². The average Bonchev–Trinajstić information content (AvgIpc) is 3.17. The molecule has 0 saturated carbocycles. The number of halogens is 3. The first kappa shape index (κ1) is 18.3. The topological polar surface area (TPSA) is 95.2 Å². The van der Waals surface area contributed by atoms with Gasteiger partial charge in [-0.1, -0.05) is 5.21 Å². The summed E-state index contributed by atoms with van der Waals surface area (Å²) >= 11 is 0. The predicted molar refractivity (Wildman–Crippen MR) is 87.5 cm³/mol. The molecule has 8 nitrogen and oxygen atoms in total. The molecule has 28 heavy (non-hydrogen) atoms. The first-order valence-electron chi connectivity index (χ1n) is 8.20. The highest BCUT2D eigenvalue weighted by Gasteiger charge is 2.40. The van der Waals surface area contributed by atoms with Crippen LogP contribution < -0.4 is 4.74 Å². The Labute approximate surface area is 156 Å². The molecule has 1 aliphatic heterocycles. The fraction of sp³-hybridized carbons (Fsp3) is 0.294. The molecule has 11 heteroatoms. The Hall–Kier alpha value is -3.05. The lowest BCUT2D eigenvalue weighted by atomic mass is 10.1. The third-order valence-electron chi connectivity index (χ3n) is 4.11. The van der Waals surface area contributed by atoms with Crippen molar-refractivity contribution in [3.63, 3.8) is 0 Å². The summed E-state index contributed by atoms with van der Waals surface area (Å²) < 4.78 is 53.3. The van der Waals surface area contributed by atoms with E-state index < -0.39 is 35.8 Å². The number of nitrogens with zero attached hydrogens (tertiary/aromatic N) is 5. The smallest absolute Gasteiger partial charge is 0.190 e. The van der Waals surface area contributed by atoms with Gasteiger partial charge in [0, 0.05) is 24.5 Å². The summed E-state index contributed by atoms with van der Waals surface area (Å²) in [6.07, 6.45) is 4.19. The minimum absolute atomic E-state index is 0.0741. The fourth-order valence-electron chi connectivity index (χ4n) is 2.54. The van der Waals surface area contributed by atoms with Gasteiger partial charge in [-0.3, -0.25) is 9.97 Å². The summed E-state index contributed by atoms with van der Waals surface area (Å²) in [5.41, 5.74) is -1.65. The third kappa shape index (κ3) is 3.53. The first-order chi connectivity index (χ1) is 13.5. The van der Waals surface area contributed by atoms with Crippen LogP contribution in [-0.2, 0) is 4.74 Å². The molecule has 3 heterocycles.